The van der Waals surface area contributed by atoms with Crippen molar-refractivity contribution < 1.29 is 9.53 Å². The van der Waals surface area contributed by atoms with E-state index in [1.165, 1.54) is 0 Å². The van der Waals surface area contributed by atoms with E-state index in [9.17, 15) is 4.79 Å². The summed E-state index contributed by atoms with van der Waals surface area (Å²) < 4.78 is 8.83. The van der Waals surface area contributed by atoms with E-state index < -0.39 is 0 Å². The van der Waals surface area contributed by atoms with Crippen molar-refractivity contribution in [3.05, 3.63) is 77.9 Å². The summed E-state index contributed by atoms with van der Waals surface area (Å²) in [5.41, 5.74) is 5.26. The van der Waals surface area contributed by atoms with Gasteiger partial charge in [0.2, 0.25) is 0 Å². The molecule has 4 heterocycles. The number of aliphatic imine (C=N–C) groups is 1. The molecule has 1 saturated heterocycles. The van der Waals surface area contributed by atoms with E-state index >= 15 is 0 Å². The Kier molecular flexibility index (Phi) is 8.32. The molecule has 2 atom stereocenters. The van der Waals surface area contributed by atoms with Gasteiger partial charge in [0.05, 0.1) is 30.2 Å². The first-order valence-corrected chi connectivity index (χ1v) is 13.3. The molecule has 5 rings (SSSR count). The average Bonchev–Trinajstić information content (AvgIpc) is 3.66. The van der Waals surface area contributed by atoms with Crippen LogP contribution in [-0.2, 0) is 11.8 Å². The van der Waals surface area contributed by atoms with Crippen molar-refractivity contribution in [1.29, 1.82) is 0 Å². The summed E-state index contributed by atoms with van der Waals surface area (Å²) >= 11 is 0. The van der Waals surface area contributed by atoms with E-state index in [4.69, 9.17) is 9.84 Å². The Morgan fingerprint density at radius 2 is 2.05 bits per heavy atom. The first-order chi connectivity index (χ1) is 19.5. The molecule has 4 aromatic rings. The van der Waals surface area contributed by atoms with Gasteiger partial charge in [0.1, 0.15) is 11.5 Å². The van der Waals surface area contributed by atoms with E-state index in [1.807, 2.05) is 62.6 Å². The number of amides is 2. The van der Waals surface area contributed by atoms with Gasteiger partial charge in [-0.25, -0.2) is 9.48 Å². The number of para-hydroxylation sites is 1. The zero-order valence-corrected chi connectivity index (χ0v) is 23.3. The van der Waals surface area contributed by atoms with Crippen LogP contribution in [0.2, 0.25) is 0 Å². The number of ether oxygens (including phenoxy) is 1. The third kappa shape index (κ3) is 5.95. The number of aromatic nitrogens is 5. The predicted molar refractivity (Wildman–Crippen MR) is 155 cm³/mol. The maximum Gasteiger partial charge on any atom is 0.320 e. The highest BCUT2D eigenvalue weighted by Gasteiger charge is 2.35. The molecule has 1 aliphatic rings. The maximum atomic E-state index is 13.6. The van der Waals surface area contributed by atoms with Crippen LogP contribution < -0.4 is 10.6 Å². The monoisotopic (exact) mass is 541 g/mol. The molecule has 2 amide bonds. The van der Waals surface area contributed by atoms with E-state index in [0.717, 1.165) is 46.9 Å². The van der Waals surface area contributed by atoms with Crippen molar-refractivity contribution >= 4 is 18.1 Å². The molecule has 208 valence electrons. The summed E-state index contributed by atoms with van der Waals surface area (Å²) in [7, 11) is 5.30. The van der Waals surface area contributed by atoms with Crippen molar-refractivity contribution in [2.45, 2.75) is 18.9 Å². The molecule has 0 unspecified atom stereocenters. The lowest BCUT2D eigenvalue weighted by atomic mass is 9.94. The topological polar surface area (TPSA) is 114 Å². The fraction of sp³-hybridized carbons (Fsp3) is 0.345. The van der Waals surface area contributed by atoms with Crippen molar-refractivity contribution in [2.75, 3.05) is 45.7 Å². The molecule has 11 heteroatoms. The number of hydrogen-bond acceptors (Lipinski definition) is 7. The molecule has 0 spiro atoms. The van der Waals surface area contributed by atoms with E-state index in [2.05, 4.69) is 30.6 Å². The SMILES string of the molecule is C/N=C/c1cc([C@@H]2CN(CCOC)C[C@H]2NC(=O)Nc2c(C)c(-c3cnn(C)c3)nn2-c2ccccc2)ccn1. The minimum Gasteiger partial charge on any atom is -0.383 e. The Balaban J connectivity index is 1.42. The van der Waals surface area contributed by atoms with E-state index in [1.54, 1.807) is 42.1 Å². The van der Waals surface area contributed by atoms with Gasteiger partial charge in [-0.05, 0) is 36.8 Å². The van der Waals surface area contributed by atoms with E-state index in [-0.39, 0.29) is 18.0 Å². The van der Waals surface area contributed by atoms with Crippen LogP contribution in [0.4, 0.5) is 10.6 Å². The number of likely N-dealkylation sites (tertiary alicyclic amines) is 1. The lowest BCUT2D eigenvalue weighted by molar-refractivity contribution is 0.159. The molecule has 11 nitrogen and oxygen atoms in total. The summed E-state index contributed by atoms with van der Waals surface area (Å²) in [6.45, 7) is 4.88. The molecular weight excluding hydrogens is 506 g/mol. The molecular formula is C29H35N9O2. The summed E-state index contributed by atoms with van der Waals surface area (Å²) in [6, 6.07) is 13.4. The van der Waals surface area contributed by atoms with Gasteiger partial charge in [-0.15, -0.1) is 0 Å². The van der Waals surface area contributed by atoms with Crippen LogP contribution in [0.3, 0.4) is 0 Å². The molecule has 3 aromatic heterocycles. The second-order valence-electron chi connectivity index (χ2n) is 9.94. The second-order valence-corrected chi connectivity index (χ2v) is 9.94. The quantitative estimate of drug-likeness (QED) is 0.315. The molecule has 0 radical (unpaired) electrons. The van der Waals surface area contributed by atoms with Crippen LogP contribution in [0.5, 0.6) is 0 Å². The third-order valence-corrected chi connectivity index (χ3v) is 7.15. The summed E-state index contributed by atoms with van der Waals surface area (Å²) in [6.07, 6.45) is 7.23. The van der Waals surface area contributed by atoms with Gasteiger partial charge < -0.3 is 10.1 Å². The van der Waals surface area contributed by atoms with Gasteiger partial charge in [-0.3, -0.25) is 24.9 Å². The molecule has 1 aromatic carbocycles. The number of pyridine rings is 1. The normalized spacial score (nSPS) is 17.5. The first-order valence-electron chi connectivity index (χ1n) is 13.3. The van der Waals surface area contributed by atoms with Crippen molar-refractivity contribution in [2.24, 2.45) is 12.0 Å². The zero-order valence-electron chi connectivity index (χ0n) is 23.3. The summed E-state index contributed by atoms with van der Waals surface area (Å²) in [4.78, 5) is 24.4. The Morgan fingerprint density at radius 1 is 1.23 bits per heavy atom. The number of urea groups is 1. The zero-order chi connectivity index (χ0) is 28.1. The number of anilines is 1. The lowest BCUT2D eigenvalue weighted by Gasteiger charge is -2.21. The number of nitrogens with one attached hydrogen (secondary N) is 2. The second kappa shape index (κ2) is 12.2. The van der Waals surface area contributed by atoms with Gasteiger partial charge in [-0.1, -0.05) is 18.2 Å². The van der Waals surface area contributed by atoms with Crippen molar-refractivity contribution in [1.82, 2.24) is 34.8 Å². The summed E-state index contributed by atoms with van der Waals surface area (Å²) in [5, 5.41) is 15.5. The molecule has 40 heavy (non-hydrogen) atoms. The van der Waals surface area contributed by atoms with Crippen LogP contribution >= 0.6 is 0 Å². The van der Waals surface area contributed by atoms with Crippen LogP contribution in [0.1, 0.15) is 22.7 Å². The number of benzene rings is 1. The van der Waals surface area contributed by atoms with Crippen LogP contribution in [0.15, 0.2) is 66.0 Å². The number of rotatable bonds is 9. The molecule has 1 fully saturated rings. The Hall–Kier alpha value is -4.35. The first kappa shape index (κ1) is 27.2. The fourth-order valence-corrected chi connectivity index (χ4v) is 5.20. The molecule has 1 aliphatic heterocycles. The van der Waals surface area contributed by atoms with Crippen LogP contribution in [-0.4, -0.2) is 88.1 Å². The molecule has 0 bridgehead atoms. The highest BCUT2D eigenvalue weighted by molar-refractivity contribution is 5.91. The smallest absolute Gasteiger partial charge is 0.320 e. The number of hydrogen-bond donors (Lipinski definition) is 2. The minimum absolute atomic E-state index is 0.0840. The third-order valence-electron chi connectivity index (χ3n) is 7.15. The molecule has 0 aliphatic carbocycles. The molecule has 2 N–H and O–H groups in total. The molecule has 0 saturated carbocycles. The number of methoxy groups -OCH3 is 1. The number of carbonyl (C=O) groups excluding carboxylic acids is 1. The lowest BCUT2D eigenvalue weighted by Crippen LogP contribution is -2.42. The van der Waals surface area contributed by atoms with Gasteiger partial charge in [-0.2, -0.15) is 10.2 Å². The van der Waals surface area contributed by atoms with Crippen molar-refractivity contribution in [3.8, 4) is 16.9 Å². The largest absolute Gasteiger partial charge is 0.383 e. The Labute approximate surface area is 233 Å². The average molecular weight is 542 g/mol. The van der Waals surface area contributed by atoms with Crippen molar-refractivity contribution in [3.63, 3.8) is 0 Å². The minimum atomic E-state index is -0.286. The van der Waals surface area contributed by atoms with Gasteiger partial charge in [0.25, 0.3) is 0 Å². The van der Waals surface area contributed by atoms with Crippen LogP contribution in [0, 0.1) is 6.92 Å². The van der Waals surface area contributed by atoms with E-state index in [0.29, 0.717) is 19.0 Å². The van der Waals surface area contributed by atoms with Gasteiger partial charge in [0.15, 0.2) is 0 Å². The Morgan fingerprint density at radius 3 is 2.77 bits per heavy atom. The number of aryl methyl sites for hydroxylation is 1. The standard InChI is InChI=1S/C29H35N9O2/c1-20-27(22-15-32-36(3)17-22)35-38(24-8-6-5-7-9-24)28(20)34-29(39)33-26-19-37(12-13-40-4)18-25(26)21-10-11-31-23(14-21)16-30-2/h5-11,14-17,25-26H,12-13,18-19H2,1-4H3,(H2,33,34,39)/b30-16+/t25-,26+/m0/s1. The van der Waals surface area contributed by atoms with Crippen LogP contribution in [0.25, 0.3) is 16.9 Å². The van der Waals surface area contributed by atoms with Gasteiger partial charge >= 0.3 is 6.03 Å². The number of carbonyl (C=O) groups is 1. The predicted octanol–water partition coefficient (Wildman–Crippen LogP) is 3.26. The van der Waals surface area contributed by atoms with Gasteiger partial charge in [0, 0.05) is 76.5 Å². The summed E-state index contributed by atoms with van der Waals surface area (Å²) in [5.74, 6) is 0.694. The highest BCUT2D eigenvalue weighted by Crippen LogP contribution is 2.31. The highest BCUT2D eigenvalue weighted by atomic mass is 16.5. The fourth-order valence-electron chi connectivity index (χ4n) is 5.20. The number of nitrogens with zero attached hydrogens (tertiary/aromatic N) is 7. The Bertz CT molecular complexity index is 1480. The maximum absolute atomic E-state index is 13.6.